The van der Waals surface area contributed by atoms with Crippen LogP contribution in [0.4, 0.5) is 13.2 Å². The molecular formula is C21H15F3N4O3S. The summed E-state index contributed by atoms with van der Waals surface area (Å²) in [5.41, 5.74) is 0.635. The second kappa shape index (κ2) is 8.08. The fraction of sp³-hybridized carbons (Fsp3) is 0.0952. The molecule has 0 aliphatic rings. The largest absolute Gasteiger partial charge is 0.416 e. The van der Waals surface area contributed by atoms with Crippen molar-refractivity contribution in [3.63, 3.8) is 0 Å². The van der Waals surface area contributed by atoms with Gasteiger partial charge in [-0.1, -0.05) is 12.1 Å². The number of pyridine rings is 2. The standard InChI is InChI=1S/C21H15F3N4O3S/c22-21(23,24)16-7-8-26-19(11-16)32(30,31)17-4-1-14(2-5-17)12-27-20(29)15-3-6-18-25-9-10-28(18)13-15/h1-11,13H,12H2,(H,27,29). The maximum Gasteiger partial charge on any atom is 0.416 e. The van der Waals surface area contributed by atoms with E-state index in [1.165, 1.54) is 24.3 Å². The van der Waals surface area contributed by atoms with E-state index in [2.05, 4.69) is 15.3 Å². The van der Waals surface area contributed by atoms with Gasteiger partial charge < -0.3 is 9.72 Å². The molecule has 164 valence electrons. The van der Waals surface area contributed by atoms with Crippen molar-refractivity contribution in [3.05, 3.63) is 90.0 Å². The van der Waals surface area contributed by atoms with E-state index in [1.54, 1.807) is 35.1 Å². The Morgan fingerprint density at radius 1 is 1.00 bits per heavy atom. The number of rotatable bonds is 5. The Morgan fingerprint density at radius 2 is 1.75 bits per heavy atom. The quantitative estimate of drug-likeness (QED) is 0.492. The molecule has 0 aliphatic carbocycles. The summed E-state index contributed by atoms with van der Waals surface area (Å²) in [4.78, 5) is 19.8. The molecule has 7 nitrogen and oxygen atoms in total. The average molecular weight is 460 g/mol. The van der Waals surface area contributed by atoms with Crippen LogP contribution >= 0.6 is 0 Å². The van der Waals surface area contributed by atoms with Crippen molar-refractivity contribution in [1.82, 2.24) is 19.7 Å². The van der Waals surface area contributed by atoms with Gasteiger partial charge in [0.1, 0.15) is 5.65 Å². The first kappa shape index (κ1) is 21.5. The van der Waals surface area contributed by atoms with Gasteiger partial charge in [-0.25, -0.2) is 18.4 Å². The fourth-order valence-corrected chi connectivity index (χ4v) is 4.20. The Kier molecular flexibility index (Phi) is 5.43. The predicted molar refractivity (Wildman–Crippen MR) is 107 cm³/mol. The van der Waals surface area contributed by atoms with Gasteiger partial charge in [0.2, 0.25) is 9.84 Å². The Bertz CT molecular complexity index is 1400. The summed E-state index contributed by atoms with van der Waals surface area (Å²) in [6.07, 6.45) is 1.08. The van der Waals surface area contributed by atoms with Crippen LogP contribution in [0.3, 0.4) is 0 Å². The van der Waals surface area contributed by atoms with E-state index in [4.69, 9.17) is 0 Å². The molecule has 0 radical (unpaired) electrons. The second-order valence-corrected chi connectivity index (χ2v) is 8.72. The van der Waals surface area contributed by atoms with E-state index in [0.29, 0.717) is 28.9 Å². The first-order chi connectivity index (χ1) is 15.1. The van der Waals surface area contributed by atoms with Gasteiger partial charge >= 0.3 is 6.18 Å². The van der Waals surface area contributed by atoms with E-state index < -0.39 is 26.6 Å². The molecule has 0 saturated carbocycles. The lowest BCUT2D eigenvalue weighted by Gasteiger charge is -2.10. The summed E-state index contributed by atoms with van der Waals surface area (Å²) in [7, 11) is -4.24. The summed E-state index contributed by atoms with van der Waals surface area (Å²) in [5, 5.41) is 2.04. The van der Waals surface area contributed by atoms with Gasteiger partial charge in [-0.2, -0.15) is 13.2 Å². The number of nitrogens with zero attached hydrogens (tertiary/aromatic N) is 3. The topological polar surface area (TPSA) is 93.4 Å². The number of benzene rings is 1. The number of imidazole rings is 1. The third-order valence-corrected chi connectivity index (χ3v) is 6.34. The van der Waals surface area contributed by atoms with Gasteiger partial charge in [0, 0.05) is 31.3 Å². The molecule has 32 heavy (non-hydrogen) atoms. The Balaban J connectivity index is 1.47. The van der Waals surface area contributed by atoms with E-state index >= 15 is 0 Å². The third kappa shape index (κ3) is 4.33. The van der Waals surface area contributed by atoms with Crippen LogP contribution in [0.15, 0.2) is 83.2 Å². The normalized spacial score (nSPS) is 12.1. The Labute approximate surface area is 180 Å². The molecule has 0 saturated heterocycles. The van der Waals surface area contributed by atoms with Crippen molar-refractivity contribution in [2.75, 3.05) is 0 Å². The molecule has 0 bridgehead atoms. The predicted octanol–water partition coefficient (Wildman–Crippen LogP) is 3.51. The molecule has 1 amide bonds. The van der Waals surface area contributed by atoms with Crippen molar-refractivity contribution in [2.24, 2.45) is 0 Å². The first-order valence-corrected chi connectivity index (χ1v) is 10.7. The molecule has 0 atom stereocenters. The van der Waals surface area contributed by atoms with E-state index in [9.17, 15) is 26.4 Å². The van der Waals surface area contributed by atoms with Crippen LogP contribution in [0, 0.1) is 0 Å². The third-order valence-electron chi connectivity index (χ3n) is 4.68. The van der Waals surface area contributed by atoms with Gasteiger partial charge in [0.15, 0.2) is 5.03 Å². The lowest BCUT2D eigenvalue weighted by molar-refractivity contribution is -0.137. The maximum atomic E-state index is 12.9. The minimum absolute atomic E-state index is 0.128. The van der Waals surface area contributed by atoms with Gasteiger partial charge in [-0.3, -0.25) is 4.79 Å². The summed E-state index contributed by atoms with van der Waals surface area (Å²) >= 11 is 0. The zero-order chi connectivity index (χ0) is 22.9. The maximum absolute atomic E-state index is 12.9. The van der Waals surface area contributed by atoms with Crippen LogP contribution in [0.5, 0.6) is 0 Å². The molecule has 3 aromatic heterocycles. The van der Waals surface area contributed by atoms with Gasteiger partial charge in [-0.15, -0.1) is 0 Å². The number of carbonyl (C=O) groups excluding carboxylic acids is 1. The highest BCUT2D eigenvalue weighted by Crippen LogP contribution is 2.31. The summed E-state index contributed by atoms with van der Waals surface area (Å²) in [5.74, 6) is -0.328. The van der Waals surface area contributed by atoms with Crippen molar-refractivity contribution >= 4 is 21.4 Å². The number of amides is 1. The van der Waals surface area contributed by atoms with Gasteiger partial charge in [0.05, 0.1) is 16.0 Å². The number of alkyl halides is 3. The fourth-order valence-electron chi connectivity index (χ4n) is 2.98. The van der Waals surface area contributed by atoms with E-state index in [0.717, 1.165) is 6.20 Å². The van der Waals surface area contributed by atoms with E-state index in [-0.39, 0.29) is 17.3 Å². The zero-order valence-electron chi connectivity index (χ0n) is 16.2. The number of nitrogens with one attached hydrogen (secondary N) is 1. The molecule has 3 heterocycles. The summed E-state index contributed by atoms with van der Waals surface area (Å²) in [6, 6.07) is 10.0. The number of hydrogen-bond acceptors (Lipinski definition) is 5. The molecule has 0 fully saturated rings. The lowest BCUT2D eigenvalue weighted by Crippen LogP contribution is -2.23. The van der Waals surface area contributed by atoms with Crippen molar-refractivity contribution < 1.29 is 26.4 Å². The molecule has 1 aromatic carbocycles. The summed E-state index contributed by atoms with van der Waals surface area (Å²) in [6.45, 7) is 0.128. The minimum atomic E-state index is -4.68. The average Bonchev–Trinajstić information content (AvgIpc) is 3.25. The zero-order valence-corrected chi connectivity index (χ0v) is 17.1. The van der Waals surface area contributed by atoms with Gasteiger partial charge in [0.25, 0.3) is 5.91 Å². The number of sulfone groups is 1. The molecule has 11 heteroatoms. The Morgan fingerprint density at radius 3 is 2.47 bits per heavy atom. The highest BCUT2D eigenvalue weighted by molar-refractivity contribution is 7.91. The monoisotopic (exact) mass is 460 g/mol. The smallest absolute Gasteiger partial charge is 0.348 e. The first-order valence-electron chi connectivity index (χ1n) is 9.23. The Hall–Kier alpha value is -3.73. The molecular weight excluding hydrogens is 445 g/mol. The van der Waals surface area contributed by atoms with Crippen LogP contribution < -0.4 is 5.32 Å². The minimum Gasteiger partial charge on any atom is -0.348 e. The lowest BCUT2D eigenvalue weighted by atomic mass is 10.2. The van der Waals surface area contributed by atoms with Crippen molar-refractivity contribution in [2.45, 2.75) is 22.6 Å². The highest BCUT2D eigenvalue weighted by atomic mass is 32.2. The number of fused-ring (bicyclic) bond motifs is 1. The molecule has 0 unspecified atom stereocenters. The molecule has 4 aromatic rings. The molecule has 1 N–H and O–H groups in total. The SMILES string of the molecule is O=C(NCc1ccc(S(=O)(=O)c2cc(C(F)(F)F)ccn2)cc1)c1ccc2nccn2c1. The van der Waals surface area contributed by atoms with Crippen LogP contribution in [0.1, 0.15) is 21.5 Å². The van der Waals surface area contributed by atoms with Crippen molar-refractivity contribution in [1.29, 1.82) is 0 Å². The van der Waals surface area contributed by atoms with Crippen LogP contribution in [0.25, 0.3) is 5.65 Å². The number of halogens is 3. The van der Waals surface area contributed by atoms with Gasteiger partial charge in [-0.05, 0) is 42.0 Å². The number of aromatic nitrogens is 3. The highest BCUT2D eigenvalue weighted by Gasteiger charge is 2.32. The molecule has 0 spiro atoms. The van der Waals surface area contributed by atoms with Crippen molar-refractivity contribution in [3.8, 4) is 0 Å². The molecule has 0 aliphatic heterocycles. The molecule has 4 rings (SSSR count). The number of carbonyl (C=O) groups is 1. The second-order valence-electron chi connectivity index (χ2n) is 6.82. The van der Waals surface area contributed by atoms with Crippen LogP contribution in [0.2, 0.25) is 0 Å². The summed E-state index contributed by atoms with van der Waals surface area (Å²) < 4.78 is 65.7. The van der Waals surface area contributed by atoms with Crippen LogP contribution in [-0.4, -0.2) is 28.7 Å². The number of hydrogen-bond donors (Lipinski definition) is 1. The van der Waals surface area contributed by atoms with E-state index in [1.807, 2.05) is 0 Å². The van der Waals surface area contributed by atoms with Crippen LogP contribution in [-0.2, 0) is 22.6 Å².